The Labute approximate surface area is 89.4 Å². The van der Waals surface area contributed by atoms with Crippen LogP contribution >= 0.6 is 11.8 Å². The van der Waals surface area contributed by atoms with Crippen LogP contribution in [0.5, 0.6) is 0 Å². The molecule has 1 aliphatic heterocycles. The van der Waals surface area contributed by atoms with Crippen molar-refractivity contribution in [1.82, 2.24) is 5.32 Å². The quantitative estimate of drug-likeness (QED) is 0.828. The van der Waals surface area contributed by atoms with Crippen LogP contribution in [0, 0.1) is 6.92 Å². The van der Waals surface area contributed by atoms with E-state index in [1.165, 1.54) is 30.7 Å². The van der Waals surface area contributed by atoms with E-state index in [-0.39, 0.29) is 0 Å². The molecule has 0 aliphatic carbocycles. The summed E-state index contributed by atoms with van der Waals surface area (Å²) in [6.07, 6.45) is 4.45. The van der Waals surface area contributed by atoms with E-state index in [0.717, 1.165) is 17.6 Å². The predicted octanol–water partition coefficient (Wildman–Crippen LogP) is 2.57. The first-order valence-corrected chi connectivity index (χ1v) is 6.36. The van der Waals surface area contributed by atoms with E-state index in [1.54, 1.807) is 6.26 Å². The molecule has 0 amide bonds. The van der Waals surface area contributed by atoms with Crippen molar-refractivity contribution in [2.24, 2.45) is 0 Å². The van der Waals surface area contributed by atoms with Crippen molar-refractivity contribution in [1.29, 1.82) is 0 Å². The van der Waals surface area contributed by atoms with Crippen LogP contribution in [0.4, 0.5) is 0 Å². The average Bonchev–Trinajstić information content (AvgIpc) is 2.78. The Balaban J connectivity index is 1.70. The molecule has 1 saturated heterocycles. The van der Waals surface area contributed by atoms with Gasteiger partial charge in [0.15, 0.2) is 0 Å². The maximum atomic E-state index is 5.39. The monoisotopic (exact) mass is 211 g/mol. The Bertz CT molecular complexity index is 279. The van der Waals surface area contributed by atoms with Gasteiger partial charge >= 0.3 is 0 Å². The van der Waals surface area contributed by atoms with Gasteiger partial charge < -0.3 is 9.73 Å². The standard InChI is InChI=1S/C11H17NOS/c1-9-4-6-13-11(9)8-14-7-10-3-2-5-12-10/h4,6,10,12H,2-3,5,7-8H2,1H3. The number of aryl methyl sites for hydroxylation is 1. The van der Waals surface area contributed by atoms with E-state index in [2.05, 4.69) is 12.2 Å². The minimum absolute atomic E-state index is 0.732. The van der Waals surface area contributed by atoms with E-state index < -0.39 is 0 Å². The SMILES string of the molecule is Cc1ccoc1CSCC1CCCN1. The summed E-state index contributed by atoms with van der Waals surface area (Å²) in [7, 11) is 0. The molecule has 14 heavy (non-hydrogen) atoms. The summed E-state index contributed by atoms with van der Waals surface area (Å²) in [6.45, 7) is 3.30. The zero-order valence-corrected chi connectivity index (χ0v) is 9.40. The fourth-order valence-corrected chi connectivity index (χ4v) is 2.91. The Hall–Kier alpha value is -0.410. The number of thioether (sulfide) groups is 1. The van der Waals surface area contributed by atoms with Gasteiger partial charge in [-0.05, 0) is 37.9 Å². The highest BCUT2D eigenvalue weighted by Crippen LogP contribution is 2.19. The Kier molecular flexibility index (Phi) is 3.54. The third-order valence-electron chi connectivity index (χ3n) is 2.68. The van der Waals surface area contributed by atoms with Crippen molar-refractivity contribution in [3.05, 3.63) is 23.7 Å². The molecule has 1 aliphatic rings. The lowest BCUT2D eigenvalue weighted by Crippen LogP contribution is -2.23. The first kappa shape index (κ1) is 10.1. The molecule has 78 valence electrons. The fraction of sp³-hybridized carbons (Fsp3) is 0.636. The van der Waals surface area contributed by atoms with Gasteiger partial charge in [0, 0.05) is 11.8 Å². The van der Waals surface area contributed by atoms with Gasteiger partial charge in [-0.3, -0.25) is 0 Å². The topological polar surface area (TPSA) is 25.2 Å². The van der Waals surface area contributed by atoms with Gasteiger partial charge in [-0.15, -0.1) is 0 Å². The molecule has 1 atom stereocenters. The molecular formula is C11H17NOS. The molecule has 1 N–H and O–H groups in total. The highest BCUT2D eigenvalue weighted by molar-refractivity contribution is 7.98. The highest BCUT2D eigenvalue weighted by Gasteiger charge is 2.13. The molecule has 2 nitrogen and oxygen atoms in total. The van der Waals surface area contributed by atoms with E-state index in [0.29, 0.717) is 0 Å². The molecule has 0 bridgehead atoms. The first-order chi connectivity index (χ1) is 6.86. The molecule has 0 radical (unpaired) electrons. The number of nitrogens with one attached hydrogen (secondary N) is 1. The van der Waals surface area contributed by atoms with Crippen LogP contribution in [0.25, 0.3) is 0 Å². The summed E-state index contributed by atoms with van der Waals surface area (Å²) in [4.78, 5) is 0. The summed E-state index contributed by atoms with van der Waals surface area (Å²) < 4.78 is 5.39. The van der Waals surface area contributed by atoms with Crippen molar-refractivity contribution in [2.75, 3.05) is 12.3 Å². The second-order valence-electron chi connectivity index (χ2n) is 3.84. The first-order valence-electron chi connectivity index (χ1n) is 5.20. The fourth-order valence-electron chi connectivity index (χ4n) is 1.74. The molecule has 2 rings (SSSR count). The number of hydrogen-bond donors (Lipinski definition) is 1. The third kappa shape index (κ3) is 2.55. The molecular weight excluding hydrogens is 194 g/mol. The normalized spacial score (nSPS) is 21.6. The molecule has 3 heteroatoms. The highest BCUT2D eigenvalue weighted by atomic mass is 32.2. The number of furan rings is 1. The molecule has 0 spiro atoms. The van der Waals surface area contributed by atoms with Crippen molar-refractivity contribution in [2.45, 2.75) is 31.6 Å². The van der Waals surface area contributed by atoms with Crippen LogP contribution in [0.15, 0.2) is 16.7 Å². The Morgan fingerprint density at radius 2 is 2.57 bits per heavy atom. The molecule has 1 unspecified atom stereocenters. The van der Waals surface area contributed by atoms with E-state index in [1.807, 2.05) is 17.8 Å². The zero-order valence-electron chi connectivity index (χ0n) is 8.58. The van der Waals surface area contributed by atoms with Gasteiger partial charge in [0.25, 0.3) is 0 Å². The largest absolute Gasteiger partial charge is 0.468 e. The van der Waals surface area contributed by atoms with Crippen molar-refractivity contribution in [3.8, 4) is 0 Å². The minimum Gasteiger partial charge on any atom is -0.468 e. The smallest absolute Gasteiger partial charge is 0.116 e. The van der Waals surface area contributed by atoms with Crippen LogP contribution < -0.4 is 5.32 Å². The van der Waals surface area contributed by atoms with Crippen molar-refractivity contribution >= 4 is 11.8 Å². The van der Waals surface area contributed by atoms with Gasteiger partial charge in [-0.25, -0.2) is 0 Å². The molecule has 1 aromatic heterocycles. The molecule has 0 saturated carbocycles. The lowest BCUT2D eigenvalue weighted by molar-refractivity contribution is 0.527. The van der Waals surface area contributed by atoms with Gasteiger partial charge in [0.05, 0.1) is 12.0 Å². The van der Waals surface area contributed by atoms with Gasteiger partial charge in [0.2, 0.25) is 0 Å². The Morgan fingerprint density at radius 3 is 3.21 bits per heavy atom. The maximum absolute atomic E-state index is 5.39. The minimum atomic E-state index is 0.732. The van der Waals surface area contributed by atoms with Crippen LogP contribution in [-0.4, -0.2) is 18.3 Å². The second-order valence-corrected chi connectivity index (χ2v) is 4.87. The van der Waals surface area contributed by atoms with Crippen LogP contribution in [0.3, 0.4) is 0 Å². The third-order valence-corrected chi connectivity index (χ3v) is 3.79. The van der Waals surface area contributed by atoms with E-state index >= 15 is 0 Å². The molecule has 1 aromatic rings. The zero-order chi connectivity index (χ0) is 9.80. The molecule has 2 heterocycles. The van der Waals surface area contributed by atoms with Crippen LogP contribution in [0.2, 0.25) is 0 Å². The summed E-state index contributed by atoms with van der Waals surface area (Å²) in [5.74, 6) is 3.35. The lowest BCUT2D eigenvalue weighted by Gasteiger charge is -2.08. The number of rotatable bonds is 4. The average molecular weight is 211 g/mol. The predicted molar refractivity (Wildman–Crippen MR) is 60.6 cm³/mol. The summed E-state index contributed by atoms with van der Waals surface area (Å²) in [5, 5.41) is 3.50. The van der Waals surface area contributed by atoms with Crippen molar-refractivity contribution < 1.29 is 4.42 Å². The second kappa shape index (κ2) is 4.89. The summed E-state index contributed by atoms with van der Waals surface area (Å²) >= 11 is 1.97. The van der Waals surface area contributed by atoms with Gasteiger partial charge in [-0.2, -0.15) is 11.8 Å². The van der Waals surface area contributed by atoms with Crippen LogP contribution in [-0.2, 0) is 5.75 Å². The maximum Gasteiger partial charge on any atom is 0.116 e. The lowest BCUT2D eigenvalue weighted by atomic mass is 10.3. The van der Waals surface area contributed by atoms with Gasteiger partial charge in [-0.1, -0.05) is 0 Å². The van der Waals surface area contributed by atoms with E-state index in [4.69, 9.17) is 4.42 Å². The summed E-state index contributed by atoms with van der Waals surface area (Å²) in [6, 6.07) is 2.76. The molecule has 1 fully saturated rings. The van der Waals surface area contributed by atoms with Crippen molar-refractivity contribution in [3.63, 3.8) is 0 Å². The molecule has 0 aromatic carbocycles. The van der Waals surface area contributed by atoms with E-state index in [9.17, 15) is 0 Å². The number of hydrogen-bond acceptors (Lipinski definition) is 3. The Morgan fingerprint density at radius 1 is 1.64 bits per heavy atom. The summed E-state index contributed by atoms with van der Waals surface area (Å²) in [5.41, 5.74) is 1.27. The van der Waals surface area contributed by atoms with Crippen LogP contribution in [0.1, 0.15) is 24.2 Å². The van der Waals surface area contributed by atoms with Gasteiger partial charge in [0.1, 0.15) is 5.76 Å².